The van der Waals surface area contributed by atoms with Crippen LogP contribution in [-0.2, 0) is 17.6 Å². The van der Waals surface area contributed by atoms with Crippen LogP contribution in [-0.4, -0.2) is 19.5 Å². The number of amides is 1. The molecule has 1 amide bonds. The molecule has 1 aromatic heterocycles. The summed E-state index contributed by atoms with van der Waals surface area (Å²) < 4.78 is 0.966. The molecule has 122 valence electrons. The molecule has 5 heteroatoms. The Hall–Kier alpha value is -1.72. The molecule has 0 bridgehead atoms. The topological polar surface area (TPSA) is 58.2 Å². The van der Waals surface area contributed by atoms with Gasteiger partial charge in [-0.05, 0) is 50.4 Å². The summed E-state index contributed by atoms with van der Waals surface area (Å²) in [4.78, 5) is 25.6. The average Bonchev–Trinajstić information content (AvgIpc) is 2.54. The van der Waals surface area contributed by atoms with E-state index in [9.17, 15) is 9.59 Å². The van der Waals surface area contributed by atoms with E-state index in [1.54, 1.807) is 18.4 Å². The summed E-state index contributed by atoms with van der Waals surface area (Å²) >= 11 is 1.71. The number of carbonyl (C=O) groups is 1. The van der Waals surface area contributed by atoms with Crippen molar-refractivity contribution in [1.29, 1.82) is 0 Å². The standard InChI is InChI=1S/C18H22N2O2S/c1-3-11-4-6-13-15(8-11)23-16-9-12(20-17(21)10-19-2)5-7-14(16)18(13)22/h5,7,9,11,19H,3-4,6,8,10H2,1-2H3,(H,20,21). The molecule has 1 aliphatic carbocycles. The molecule has 0 aliphatic heterocycles. The highest BCUT2D eigenvalue weighted by atomic mass is 32.1. The van der Waals surface area contributed by atoms with Crippen LogP contribution in [0.4, 0.5) is 5.69 Å². The van der Waals surface area contributed by atoms with E-state index < -0.39 is 0 Å². The quantitative estimate of drug-likeness (QED) is 0.906. The Morgan fingerprint density at radius 3 is 2.96 bits per heavy atom. The Labute approximate surface area is 139 Å². The molecule has 0 saturated heterocycles. The third-order valence-electron chi connectivity index (χ3n) is 4.55. The van der Waals surface area contributed by atoms with Gasteiger partial charge in [0, 0.05) is 26.2 Å². The maximum absolute atomic E-state index is 12.7. The molecule has 1 atom stereocenters. The minimum atomic E-state index is -0.0804. The summed E-state index contributed by atoms with van der Waals surface area (Å²) in [6.07, 6.45) is 4.20. The summed E-state index contributed by atoms with van der Waals surface area (Å²) in [6.45, 7) is 2.49. The van der Waals surface area contributed by atoms with Crippen molar-refractivity contribution in [3.63, 3.8) is 0 Å². The Kier molecular flexibility index (Phi) is 4.78. The minimum Gasteiger partial charge on any atom is -0.325 e. The molecule has 0 radical (unpaired) electrons. The van der Waals surface area contributed by atoms with E-state index in [0.717, 1.165) is 40.6 Å². The van der Waals surface area contributed by atoms with Gasteiger partial charge in [-0.3, -0.25) is 9.59 Å². The smallest absolute Gasteiger partial charge is 0.238 e. The van der Waals surface area contributed by atoms with E-state index in [4.69, 9.17) is 0 Å². The molecule has 3 rings (SSSR count). The lowest BCUT2D eigenvalue weighted by Crippen LogP contribution is -2.25. The minimum absolute atomic E-state index is 0.0804. The zero-order valence-electron chi connectivity index (χ0n) is 13.6. The van der Waals surface area contributed by atoms with Gasteiger partial charge in [-0.15, -0.1) is 11.3 Å². The van der Waals surface area contributed by atoms with E-state index >= 15 is 0 Å². The molecular formula is C18H22N2O2S. The van der Waals surface area contributed by atoms with E-state index in [0.29, 0.717) is 5.92 Å². The zero-order chi connectivity index (χ0) is 16.4. The van der Waals surface area contributed by atoms with Crippen LogP contribution in [0.1, 0.15) is 30.2 Å². The molecule has 1 aromatic carbocycles. The first-order valence-corrected chi connectivity index (χ1v) is 8.97. The SMILES string of the molecule is CCC1CCc2c(sc3cc(NC(=O)CNC)ccc3c2=O)C1. The van der Waals surface area contributed by atoms with Crippen LogP contribution in [0.3, 0.4) is 0 Å². The highest BCUT2D eigenvalue weighted by Crippen LogP contribution is 2.32. The lowest BCUT2D eigenvalue weighted by atomic mass is 9.87. The Morgan fingerprint density at radius 1 is 1.39 bits per heavy atom. The second-order valence-corrected chi connectivity index (χ2v) is 7.28. The molecule has 2 N–H and O–H groups in total. The van der Waals surface area contributed by atoms with E-state index in [-0.39, 0.29) is 17.9 Å². The van der Waals surface area contributed by atoms with Crippen LogP contribution >= 0.6 is 11.3 Å². The van der Waals surface area contributed by atoms with Gasteiger partial charge < -0.3 is 10.6 Å². The number of likely N-dealkylation sites (N-methyl/N-ethyl adjacent to an activating group) is 1. The van der Waals surface area contributed by atoms with Crippen molar-refractivity contribution in [2.24, 2.45) is 5.92 Å². The van der Waals surface area contributed by atoms with Crippen molar-refractivity contribution >= 4 is 33.0 Å². The molecule has 0 spiro atoms. The van der Waals surface area contributed by atoms with Gasteiger partial charge in [0.05, 0.1) is 6.54 Å². The number of fused-ring (bicyclic) bond motifs is 2. The predicted octanol–water partition coefficient (Wildman–Crippen LogP) is 2.93. The lowest BCUT2D eigenvalue weighted by Gasteiger charge is -2.22. The normalized spacial score (nSPS) is 17.0. The number of benzene rings is 1. The van der Waals surface area contributed by atoms with Crippen molar-refractivity contribution in [2.75, 3.05) is 18.9 Å². The highest BCUT2D eigenvalue weighted by molar-refractivity contribution is 7.18. The molecule has 1 unspecified atom stereocenters. The number of anilines is 1. The largest absolute Gasteiger partial charge is 0.325 e. The molecule has 0 saturated carbocycles. The third kappa shape index (κ3) is 3.31. The Bertz CT molecular complexity index is 797. The van der Waals surface area contributed by atoms with Crippen LogP contribution in [0.15, 0.2) is 23.0 Å². The second kappa shape index (κ2) is 6.81. The van der Waals surface area contributed by atoms with Crippen molar-refractivity contribution in [1.82, 2.24) is 5.32 Å². The number of carbonyl (C=O) groups excluding carboxylic acids is 1. The first-order valence-electron chi connectivity index (χ1n) is 8.15. The number of hydrogen-bond donors (Lipinski definition) is 2. The maximum atomic E-state index is 12.7. The summed E-state index contributed by atoms with van der Waals surface area (Å²) in [5, 5.41) is 6.46. The predicted molar refractivity (Wildman–Crippen MR) is 96.5 cm³/mol. The molecular weight excluding hydrogens is 308 g/mol. The van der Waals surface area contributed by atoms with Crippen molar-refractivity contribution in [3.8, 4) is 0 Å². The Balaban J connectivity index is 1.99. The van der Waals surface area contributed by atoms with Crippen LogP contribution in [0.5, 0.6) is 0 Å². The van der Waals surface area contributed by atoms with Gasteiger partial charge in [0.15, 0.2) is 5.43 Å². The van der Waals surface area contributed by atoms with Crippen LogP contribution < -0.4 is 16.1 Å². The number of nitrogens with one attached hydrogen (secondary N) is 2. The first-order chi connectivity index (χ1) is 11.1. The molecule has 1 heterocycles. The van der Waals surface area contributed by atoms with Gasteiger partial charge >= 0.3 is 0 Å². The molecule has 0 fully saturated rings. The van der Waals surface area contributed by atoms with Crippen molar-refractivity contribution in [2.45, 2.75) is 32.6 Å². The van der Waals surface area contributed by atoms with E-state index in [1.165, 1.54) is 11.3 Å². The molecule has 2 aromatic rings. The van der Waals surface area contributed by atoms with E-state index in [2.05, 4.69) is 17.6 Å². The average molecular weight is 330 g/mol. The summed E-state index contributed by atoms with van der Waals surface area (Å²) in [5.41, 5.74) is 1.94. The van der Waals surface area contributed by atoms with Gasteiger partial charge in [-0.2, -0.15) is 0 Å². The highest BCUT2D eigenvalue weighted by Gasteiger charge is 2.21. The third-order valence-corrected chi connectivity index (χ3v) is 5.76. The monoisotopic (exact) mass is 330 g/mol. The summed E-state index contributed by atoms with van der Waals surface area (Å²) in [7, 11) is 1.74. The molecule has 4 nitrogen and oxygen atoms in total. The number of hydrogen-bond acceptors (Lipinski definition) is 4. The van der Waals surface area contributed by atoms with Gasteiger partial charge in [-0.1, -0.05) is 13.3 Å². The fraction of sp³-hybridized carbons (Fsp3) is 0.444. The van der Waals surface area contributed by atoms with Crippen LogP contribution in [0, 0.1) is 5.92 Å². The zero-order valence-corrected chi connectivity index (χ0v) is 14.4. The first kappa shape index (κ1) is 16.1. The fourth-order valence-corrected chi connectivity index (χ4v) is 4.56. The summed E-state index contributed by atoms with van der Waals surface area (Å²) in [5.74, 6) is 0.609. The summed E-state index contributed by atoms with van der Waals surface area (Å²) in [6, 6.07) is 5.58. The van der Waals surface area contributed by atoms with Crippen LogP contribution in [0.2, 0.25) is 0 Å². The maximum Gasteiger partial charge on any atom is 0.238 e. The number of rotatable bonds is 4. The second-order valence-electron chi connectivity index (χ2n) is 6.14. The van der Waals surface area contributed by atoms with E-state index in [1.807, 2.05) is 18.2 Å². The van der Waals surface area contributed by atoms with Gasteiger partial charge in [-0.25, -0.2) is 0 Å². The molecule has 23 heavy (non-hydrogen) atoms. The van der Waals surface area contributed by atoms with Crippen LogP contribution in [0.25, 0.3) is 10.1 Å². The lowest BCUT2D eigenvalue weighted by molar-refractivity contribution is -0.115. The van der Waals surface area contributed by atoms with Gasteiger partial charge in [0.25, 0.3) is 0 Å². The Morgan fingerprint density at radius 2 is 2.22 bits per heavy atom. The van der Waals surface area contributed by atoms with Gasteiger partial charge in [0.1, 0.15) is 0 Å². The van der Waals surface area contributed by atoms with Crippen molar-refractivity contribution < 1.29 is 4.79 Å². The molecule has 1 aliphatic rings. The van der Waals surface area contributed by atoms with Gasteiger partial charge in [0.2, 0.25) is 5.91 Å². The van der Waals surface area contributed by atoms with Crippen molar-refractivity contribution in [3.05, 3.63) is 38.9 Å². The fourth-order valence-electron chi connectivity index (χ4n) is 3.20.